The van der Waals surface area contributed by atoms with Crippen LogP contribution in [-0.4, -0.2) is 35.4 Å². The Labute approximate surface area is 111 Å². The minimum Gasteiger partial charge on any atom is -0.336 e. The maximum absolute atomic E-state index is 12.6. The van der Waals surface area contributed by atoms with Crippen molar-refractivity contribution in [1.29, 1.82) is 0 Å². The van der Waals surface area contributed by atoms with Crippen molar-refractivity contribution >= 4 is 17.2 Å². The number of rotatable bonds is 2. The number of hydrogen-bond acceptors (Lipinski definition) is 4. The molecule has 0 radical (unpaired) electrons. The van der Waals surface area contributed by atoms with Gasteiger partial charge in [-0.25, -0.2) is 4.98 Å². The Hall–Kier alpha value is -0.940. The van der Waals surface area contributed by atoms with Crippen LogP contribution in [-0.2, 0) is 11.3 Å². The zero-order chi connectivity index (χ0) is 12.6. The van der Waals surface area contributed by atoms with Crippen molar-refractivity contribution in [2.24, 2.45) is 5.41 Å². The third kappa shape index (κ3) is 2.06. The molecule has 2 fully saturated rings. The predicted molar refractivity (Wildman–Crippen MR) is 71.4 cm³/mol. The van der Waals surface area contributed by atoms with E-state index in [2.05, 4.69) is 15.7 Å². The zero-order valence-electron chi connectivity index (χ0n) is 10.7. The molecule has 0 aliphatic carbocycles. The van der Waals surface area contributed by atoms with E-state index in [-0.39, 0.29) is 5.41 Å². The van der Waals surface area contributed by atoms with E-state index in [1.165, 1.54) is 0 Å². The first-order valence-corrected chi connectivity index (χ1v) is 7.49. The number of aromatic nitrogens is 1. The van der Waals surface area contributed by atoms with Crippen molar-refractivity contribution in [3.8, 4) is 0 Å². The summed E-state index contributed by atoms with van der Waals surface area (Å²) < 4.78 is 0. The van der Waals surface area contributed by atoms with Crippen LogP contribution < -0.4 is 5.32 Å². The number of nitrogens with one attached hydrogen (secondary N) is 1. The zero-order valence-corrected chi connectivity index (χ0v) is 11.6. The standard InChI is InChI=1S/C13H19N3OS/c1-10-15-11(8-18-10)7-16-6-4-13(12(16)17)3-2-5-14-9-13/h8,14H,2-7,9H2,1H3. The maximum atomic E-state index is 12.6. The summed E-state index contributed by atoms with van der Waals surface area (Å²) in [7, 11) is 0. The number of piperidine rings is 1. The van der Waals surface area contributed by atoms with Crippen LogP contribution in [0.2, 0.25) is 0 Å². The van der Waals surface area contributed by atoms with E-state index in [4.69, 9.17) is 0 Å². The van der Waals surface area contributed by atoms with Gasteiger partial charge in [-0.1, -0.05) is 0 Å². The smallest absolute Gasteiger partial charge is 0.230 e. The van der Waals surface area contributed by atoms with E-state index >= 15 is 0 Å². The van der Waals surface area contributed by atoms with E-state index in [9.17, 15) is 4.79 Å². The molecule has 5 heteroatoms. The van der Waals surface area contributed by atoms with Crippen LogP contribution in [0.25, 0.3) is 0 Å². The van der Waals surface area contributed by atoms with Crippen LogP contribution in [0.15, 0.2) is 5.38 Å². The molecule has 1 spiro atoms. The largest absolute Gasteiger partial charge is 0.336 e. The lowest BCUT2D eigenvalue weighted by Gasteiger charge is -2.32. The average Bonchev–Trinajstić information content (AvgIpc) is 2.91. The number of hydrogen-bond donors (Lipinski definition) is 1. The SMILES string of the molecule is Cc1nc(CN2CCC3(CCCNC3)C2=O)cs1. The van der Waals surface area contributed by atoms with Crippen LogP contribution in [0.5, 0.6) is 0 Å². The van der Waals surface area contributed by atoms with Crippen molar-refractivity contribution < 1.29 is 4.79 Å². The van der Waals surface area contributed by atoms with E-state index in [0.29, 0.717) is 12.5 Å². The van der Waals surface area contributed by atoms with Gasteiger partial charge in [0, 0.05) is 18.5 Å². The first-order valence-electron chi connectivity index (χ1n) is 6.61. The molecular weight excluding hydrogens is 246 g/mol. The van der Waals surface area contributed by atoms with Gasteiger partial charge in [-0.3, -0.25) is 4.79 Å². The maximum Gasteiger partial charge on any atom is 0.230 e. The quantitative estimate of drug-likeness (QED) is 0.882. The average molecular weight is 265 g/mol. The van der Waals surface area contributed by atoms with E-state index in [1.807, 2.05) is 11.8 Å². The Bertz CT molecular complexity index is 451. The third-order valence-corrected chi connectivity index (χ3v) is 4.92. The lowest BCUT2D eigenvalue weighted by atomic mass is 9.79. The van der Waals surface area contributed by atoms with Gasteiger partial charge in [-0.2, -0.15) is 0 Å². The van der Waals surface area contributed by atoms with Crippen LogP contribution in [0.1, 0.15) is 30.0 Å². The molecular formula is C13H19N3OS. The van der Waals surface area contributed by atoms with Gasteiger partial charge in [0.25, 0.3) is 0 Å². The molecule has 1 amide bonds. The second-order valence-corrected chi connectivity index (χ2v) is 6.46. The monoisotopic (exact) mass is 265 g/mol. The highest BCUT2D eigenvalue weighted by molar-refractivity contribution is 7.09. The fourth-order valence-corrected chi connectivity index (χ4v) is 3.69. The van der Waals surface area contributed by atoms with Crippen molar-refractivity contribution in [3.05, 3.63) is 16.1 Å². The number of amides is 1. The molecule has 0 saturated carbocycles. The third-order valence-electron chi connectivity index (χ3n) is 4.09. The normalized spacial score (nSPS) is 28.3. The molecule has 98 valence electrons. The molecule has 2 aliphatic rings. The summed E-state index contributed by atoms with van der Waals surface area (Å²) in [6.45, 7) is 5.49. The fraction of sp³-hybridized carbons (Fsp3) is 0.692. The molecule has 1 unspecified atom stereocenters. The molecule has 0 aromatic carbocycles. The summed E-state index contributed by atoms with van der Waals surface area (Å²) in [4.78, 5) is 19.0. The summed E-state index contributed by atoms with van der Waals surface area (Å²) in [5.74, 6) is 0.334. The minimum atomic E-state index is -0.108. The number of aryl methyl sites for hydroxylation is 1. The minimum absolute atomic E-state index is 0.108. The number of thiazole rings is 1. The summed E-state index contributed by atoms with van der Waals surface area (Å²) >= 11 is 1.65. The molecule has 0 bridgehead atoms. The van der Waals surface area contributed by atoms with Gasteiger partial charge in [-0.15, -0.1) is 11.3 Å². The summed E-state index contributed by atoms with van der Waals surface area (Å²) in [6.07, 6.45) is 3.17. The molecule has 1 N–H and O–H groups in total. The van der Waals surface area contributed by atoms with Crippen LogP contribution >= 0.6 is 11.3 Å². The number of likely N-dealkylation sites (tertiary alicyclic amines) is 1. The Morgan fingerprint density at radius 2 is 2.44 bits per heavy atom. The number of carbonyl (C=O) groups excluding carboxylic acids is 1. The molecule has 4 nitrogen and oxygen atoms in total. The molecule has 1 aromatic rings. The van der Waals surface area contributed by atoms with E-state index in [0.717, 1.165) is 49.6 Å². The van der Waals surface area contributed by atoms with Crippen molar-refractivity contribution in [3.63, 3.8) is 0 Å². The molecule has 3 heterocycles. The molecule has 2 aliphatic heterocycles. The summed E-state index contributed by atoms with van der Waals surface area (Å²) in [5.41, 5.74) is 0.926. The van der Waals surface area contributed by atoms with Gasteiger partial charge in [0.05, 0.1) is 22.7 Å². The molecule has 2 saturated heterocycles. The topological polar surface area (TPSA) is 45.2 Å². The highest BCUT2D eigenvalue weighted by atomic mass is 32.1. The fourth-order valence-electron chi connectivity index (χ4n) is 3.08. The second kappa shape index (κ2) is 4.63. The van der Waals surface area contributed by atoms with Gasteiger partial charge in [-0.05, 0) is 32.7 Å². The Balaban J connectivity index is 1.70. The van der Waals surface area contributed by atoms with Gasteiger partial charge in [0.15, 0.2) is 0 Å². The van der Waals surface area contributed by atoms with Gasteiger partial charge < -0.3 is 10.2 Å². The van der Waals surface area contributed by atoms with Crippen molar-refractivity contribution in [1.82, 2.24) is 15.2 Å². The Morgan fingerprint density at radius 3 is 3.11 bits per heavy atom. The van der Waals surface area contributed by atoms with E-state index in [1.54, 1.807) is 11.3 Å². The Kier molecular flexibility index (Phi) is 3.11. The second-order valence-electron chi connectivity index (χ2n) is 5.40. The van der Waals surface area contributed by atoms with Gasteiger partial charge >= 0.3 is 0 Å². The predicted octanol–water partition coefficient (Wildman–Crippen LogP) is 1.55. The highest BCUT2D eigenvalue weighted by Crippen LogP contribution is 2.38. The lowest BCUT2D eigenvalue weighted by Crippen LogP contribution is -2.45. The van der Waals surface area contributed by atoms with Crippen LogP contribution in [0, 0.1) is 12.3 Å². The van der Waals surface area contributed by atoms with Crippen LogP contribution in [0.4, 0.5) is 0 Å². The molecule has 1 aromatic heterocycles. The molecule has 3 rings (SSSR count). The van der Waals surface area contributed by atoms with Crippen molar-refractivity contribution in [2.45, 2.75) is 32.7 Å². The molecule has 18 heavy (non-hydrogen) atoms. The first kappa shape index (κ1) is 12.1. The van der Waals surface area contributed by atoms with E-state index < -0.39 is 0 Å². The summed E-state index contributed by atoms with van der Waals surface area (Å²) in [5, 5.41) is 6.51. The lowest BCUT2D eigenvalue weighted by molar-refractivity contribution is -0.137. The van der Waals surface area contributed by atoms with Crippen molar-refractivity contribution in [2.75, 3.05) is 19.6 Å². The van der Waals surface area contributed by atoms with Gasteiger partial charge in [0.1, 0.15) is 0 Å². The first-order chi connectivity index (χ1) is 8.70. The highest BCUT2D eigenvalue weighted by Gasteiger charge is 2.46. The number of nitrogens with zero attached hydrogens (tertiary/aromatic N) is 2. The summed E-state index contributed by atoms with van der Waals surface area (Å²) in [6, 6.07) is 0. The van der Waals surface area contributed by atoms with Gasteiger partial charge in [0.2, 0.25) is 5.91 Å². The van der Waals surface area contributed by atoms with Crippen LogP contribution in [0.3, 0.4) is 0 Å². The molecule has 1 atom stereocenters. The Morgan fingerprint density at radius 1 is 1.56 bits per heavy atom. The number of carbonyl (C=O) groups is 1.